The average Bonchev–Trinajstić information content (AvgIpc) is 1.45. The fourth-order valence-electron chi connectivity index (χ4n) is 26.2. The van der Waals surface area contributed by atoms with Crippen LogP contribution in [-0.2, 0) is 114 Å². The number of hydrogen-bond donors (Lipinski definition) is 12. The molecule has 0 unspecified atom stereocenters. The minimum Gasteiger partial charge on any atom is -0.508 e. The summed E-state index contributed by atoms with van der Waals surface area (Å²) >= 11 is 0. The molecule has 8 fully saturated rings. The van der Waals surface area contributed by atoms with Crippen molar-refractivity contribution in [3.8, 4) is 70.3 Å². The van der Waals surface area contributed by atoms with Crippen molar-refractivity contribution in [1.29, 1.82) is 21.0 Å². The maximum atomic E-state index is 11.2. The van der Waals surface area contributed by atoms with Crippen molar-refractivity contribution in [2.45, 2.75) is 249 Å². The number of phenolic OH excluding ortho intramolecular Hbond substituents is 8. The number of fused-ring (bicyclic) bond motifs is 16. The molecule has 0 amide bonds. The summed E-state index contributed by atoms with van der Waals surface area (Å²) in [5.74, 6) is -0.803. The first-order chi connectivity index (χ1) is 59.6. The van der Waals surface area contributed by atoms with E-state index in [4.69, 9.17) is 21.0 Å². The van der Waals surface area contributed by atoms with Crippen molar-refractivity contribution in [1.82, 2.24) is 0 Å². The van der Waals surface area contributed by atoms with Crippen LogP contribution in [0.2, 0.25) is 0 Å². The standard InChI is InChI=1S/4C13H13NO.4C13H14O3/c4*14-8-10-4-6-13(10)5-3-9-1-2-11(15)7-12(9)13;4*14-9-2-1-8-3-5-13(11(8)7-9)6-4-10(13)12(15)16/h4*1-2,7,10,15H,3-6H2;4*1-2,7,10,14H,3-6H2,(H,15,16)/t2*10-,13+;2*10-,13-;2*10-,13+;2*10-,13-/m10101010/s1. The zero-order valence-corrected chi connectivity index (χ0v) is 69.9. The van der Waals surface area contributed by atoms with Crippen LogP contribution in [-0.4, -0.2) is 85.2 Å². The Labute approximate surface area is 722 Å². The van der Waals surface area contributed by atoms with Crippen LogP contribution in [0.4, 0.5) is 0 Å². The van der Waals surface area contributed by atoms with E-state index in [1.807, 2.05) is 72.8 Å². The van der Waals surface area contributed by atoms with Crippen molar-refractivity contribution < 1.29 is 80.5 Å². The van der Waals surface area contributed by atoms with Crippen molar-refractivity contribution in [3.63, 3.8) is 0 Å². The molecule has 8 spiro atoms. The maximum Gasteiger partial charge on any atom is 0.307 e. The minimum atomic E-state index is -0.692. The minimum absolute atomic E-state index is 0.0861. The fraction of sp³-hybridized carbons (Fsp3) is 0.462. The lowest BCUT2D eigenvalue weighted by Gasteiger charge is -2.45. The number of benzene rings is 8. The summed E-state index contributed by atoms with van der Waals surface area (Å²) < 4.78 is 0. The van der Waals surface area contributed by atoms with Gasteiger partial charge in [-0.25, -0.2) is 0 Å². The number of hydrogen-bond acceptors (Lipinski definition) is 16. The van der Waals surface area contributed by atoms with Gasteiger partial charge in [-0.1, -0.05) is 48.5 Å². The molecule has 124 heavy (non-hydrogen) atoms. The monoisotopic (exact) mass is 1670 g/mol. The molecule has 0 saturated heterocycles. The molecule has 20 nitrogen and oxygen atoms in total. The third-order valence-electron chi connectivity index (χ3n) is 33.9. The van der Waals surface area contributed by atoms with Crippen molar-refractivity contribution in [2.75, 3.05) is 0 Å². The van der Waals surface area contributed by atoms with Gasteiger partial charge >= 0.3 is 23.9 Å². The molecule has 16 atom stereocenters. The highest BCUT2D eigenvalue weighted by Gasteiger charge is 2.60. The first-order valence-corrected chi connectivity index (χ1v) is 44.7. The predicted molar refractivity (Wildman–Crippen MR) is 460 cm³/mol. The smallest absolute Gasteiger partial charge is 0.307 e. The summed E-state index contributed by atoms with van der Waals surface area (Å²) in [7, 11) is 0. The molecule has 20 heteroatoms. The molecule has 16 aliphatic carbocycles. The molecule has 0 bridgehead atoms. The summed E-state index contributed by atoms with van der Waals surface area (Å²) in [5, 5.41) is 149. The van der Waals surface area contributed by atoms with Crippen LogP contribution in [0.25, 0.3) is 0 Å². The summed E-state index contributed by atoms with van der Waals surface area (Å²) in [4.78, 5) is 44.7. The Hall–Kier alpha value is -12.0. The lowest BCUT2D eigenvalue weighted by Crippen LogP contribution is -2.46. The molecule has 640 valence electrons. The number of aromatic hydroxyl groups is 8. The Kier molecular flexibility index (Phi) is 21.9. The van der Waals surface area contributed by atoms with Gasteiger partial charge in [0.25, 0.3) is 0 Å². The number of nitrogens with zero attached hydrogens (tertiary/aromatic N) is 4. The number of rotatable bonds is 4. The number of aryl methyl sites for hydroxylation is 8. The molecule has 12 N–H and O–H groups in total. The van der Waals surface area contributed by atoms with Crippen LogP contribution in [0, 0.1) is 92.7 Å². The normalized spacial score (nSPS) is 31.6. The molecule has 8 aromatic rings. The van der Waals surface area contributed by atoms with E-state index >= 15 is 0 Å². The zero-order chi connectivity index (χ0) is 87.2. The summed E-state index contributed by atoms with van der Waals surface area (Å²) in [6.07, 6.45) is 31.4. The van der Waals surface area contributed by atoms with E-state index in [1.54, 1.807) is 72.8 Å². The van der Waals surface area contributed by atoms with Gasteiger partial charge in [-0.05, 0) is 392 Å². The van der Waals surface area contributed by atoms with Crippen LogP contribution >= 0.6 is 0 Å². The van der Waals surface area contributed by atoms with Gasteiger partial charge in [0.05, 0.1) is 71.6 Å². The molecule has 8 aromatic carbocycles. The molecular weight excluding hydrogens is 1560 g/mol. The maximum absolute atomic E-state index is 11.2. The van der Waals surface area contributed by atoms with E-state index in [1.165, 1.54) is 66.8 Å². The first kappa shape index (κ1) is 84.2. The van der Waals surface area contributed by atoms with Crippen molar-refractivity contribution in [3.05, 3.63) is 235 Å². The first-order valence-electron chi connectivity index (χ1n) is 44.7. The predicted octanol–water partition coefficient (Wildman–Crippen LogP) is 18.3. The summed E-state index contributed by atoms with van der Waals surface area (Å²) in [6, 6.07) is 53.6. The van der Waals surface area contributed by atoms with Gasteiger partial charge in [-0.2, -0.15) is 21.0 Å². The van der Waals surface area contributed by atoms with Gasteiger partial charge in [0, 0.05) is 43.3 Å². The SMILES string of the molecule is N#C[C@@H]1CC[C@@]12CCc1ccc(O)cc12.N#C[C@@H]1CC[C@]12CCc1ccc(O)cc12.N#C[C@H]1CC[C@@]12CCc1ccc(O)cc12.N#C[C@H]1CC[C@]12CCc1ccc(O)cc12.O=C(O)[C@@H]1CC[C@@]12CCc1ccc(O)cc12.O=C(O)[C@@H]1CC[C@]12CCc1ccc(O)cc12.O=C(O)[C@H]1CC[C@@]12CCc1ccc(O)cc12.O=C(O)[C@H]1CC[C@]12CCc1ccc(O)cc12. The third kappa shape index (κ3) is 13.8. The molecule has 0 radical (unpaired) electrons. The van der Waals surface area contributed by atoms with E-state index in [0.717, 1.165) is 228 Å². The van der Waals surface area contributed by atoms with Gasteiger partial charge in [-0.15, -0.1) is 0 Å². The molecule has 16 aliphatic rings. The third-order valence-corrected chi connectivity index (χ3v) is 33.9. The van der Waals surface area contributed by atoms with Gasteiger partial charge in [0.15, 0.2) is 0 Å². The summed E-state index contributed by atoms with van der Waals surface area (Å²) in [6.45, 7) is 0. The van der Waals surface area contributed by atoms with Gasteiger partial charge in [0.1, 0.15) is 46.0 Å². The largest absolute Gasteiger partial charge is 0.508 e. The molecule has 8 saturated carbocycles. The number of aliphatic carboxylic acids is 4. The number of carbonyl (C=O) groups is 4. The van der Waals surface area contributed by atoms with Crippen molar-refractivity contribution >= 4 is 23.9 Å². The second-order valence-electron chi connectivity index (χ2n) is 38.6. The highest BCUT2D eigenvalue weighted by Crippen LogP contribution is 2.64. The highest BCUT2D eigenvalue weighted by atomic mass is 16.4. The Morgan fingerprint density at radius 3 is 0.468 bits per heavy atom. The van der Waals surface area contributed by atoms with Crippen LogP contribution in [0.5, 0.6) is 46.0 Å². The van der Waals surface area contributed by atoms with E-state index < -0.39 is 23.9 Å². The van der Waals surface area contributed by atoms with Crippen LogP contribution in [0.15, 0.2) is 146 Å². The Balaban J connectivity index is 0.000000100. The average molecular weight is 1670 g/mol. The molecule has 0 aliphatic heterocycles. The number of carboxylic acids is 4. The van der Waals surface area contributed by atoms with Gasteiger partial charge < -0.3 is 61.3 Å². The number of phenols is 8. The lowest BCUT2D eigenvalue weighted by molar-refractivity contribution is -0.150. The molecule has 0 aromatic heterocycles. The number of nitriles is 4. The topological polar surface area (TPSA) is 406 Å². The van der Waals surface area contributed by atoms with Crippen molar-refractivity contribution in [2.24, 2.45) is 47.3 Å². The quantitative estimate of drug-likeness (QED) is 0.0778. The Bertz CT molecular complexity index is 5110. The molecular formula is C104H108N4O16. The van der Waals surface area contributed by atoms with Crippen LogP contribution in [0.1, 0.15) is 243 Å². The fourth-order valence-corrected chi connectivity index (χ4v) is 26.2. The second kappa shape index (κ2) is 32.3. The zero-order valence-electron chi connectivity index (χ0n) is 69.9. The summed E-state index contributed by atoms with van der Waals surface area (Å²) in [5.41, 5.74) is 19.0. The Morgan fingerprint density at radius 1 is 0.218 bits per heavy atom. The lowest BCUT2D eigenvalue weighted by atomic mass is 9.57. The van der Waals surface area contributed by atoms with E-state index in [0.29, 0.717) is 23.0 Å². The van der Waals surface area contributed by atoms with E-state index in [9.17, 15) is 80.5 Å². The Morgan fingerprint density at radius 2 is 0.355 bits per heavy atom. The van der Waals surface area contributed by atoms with E-state index in [-0.39, 0.29) is 114 Å². The van der Waals surface area contributed by atoms with Crippen LogP contribution < -0.4 is 0 Å². The molecule has 0 heterocycles. The number of carboxylic acid groups (broad SMARTS) is 4. The highest BCUT2D eigenvalue weighted by molar-refractivity contribution is 5.77. The van der Waals surface area contributed by atoms with Gasteiger partial charge in [-0.3, -0.25) is 19.2 Å². The van der Waals surface area contributed by atoms with Crippen LogP contribution in [0.3, 0.4) is 0 Å². The molecule has 24 rings (SSSR count). The van der Waals surface area contributed by atoms with Gasteiger partial charge in [0.2, 0.25) is 0 Å². The second-order valence-corrected chi connectivity index (χ2v) is 38.6. The van der Waals surface area contributed by atoms with E-state index in [2.05, 4.69) is 24.3 Å².